The van der Waals surface area contributed by atoms with Crippen LogP contribution in [0.5, 0.6) is 0 Å². The number of thiocarbonyl (C=S) groups is 1. The third-order valence-electron chi connectivity index (χ3n) is 3.06. The maximum atomic E-state index is 11.7. The number of anilines is 1. The van der Waals surface area contributed by atoms with Crippen LogP contribution in [0, 0.1) is 6.92 Å². The van der Waals surface area contributed by atoms with E-state index in [4.69, 9.17) is 18.0 Å². The molecular weight excluding hydrogens is 284 g/mol. The Balaban J connectivity index is 2.10. The molecule has 1 aliphatic heterocycles. The summed E-state index contributed by atoms with van der Waals surface area (Å²) in [5.74, 6) is 0.636. The summed E-state index contributed by atoms with van der Waals surface area (Å²) in [6.45, 7) is 2.13. The molecular formula is C11H16N4O2S2. The van der Waals surface area contributed by atoms with E-state index >= 15 is 0 Å². The first-order valence-electron chi connectivity index (χ1n) is 5.99. The summed E-state index contributed by atoms with van der Waals surface area (Å²) in [6.07, 6.45) is 1.41. The zero-order valence-electron chi connectivity index (χ0n) is 10.6. The molecule has 1 aliphatic rings. The van der Waals surface area contributed by atoms with Crippen molar-refractivity contribution in [1.82, 2.24) is 9.97 Å². The minimum absolute atomic E-state index is 0.196. The molecule has 6 nitrogen and oxygen atoms in total. The maximum absolute atomic E-state index is 11.7. The van der Waals surface area contributed by atoms with Crippen LogP contribution in [0.2, 0.25) is 0 Å². The van der Waals surface area contributed by atoms with Crippen molar-refractivity contribution in [2.45, 2.75) is 25.0 Å². The zero-order chi connectivity index (χ0) is 14.0. The second kappa shape index (κ2) is 5.38. The van der Waals surface area contributed by atoms with Crippen LogP contribution in [0.15, 0.2) is 6.07 Å². The summed E-state index contributed by atoms with van der Waals surface area (Å²) in [5.41, 5.74) is 6.75. The number of hydrogen-bond donors (Lipinski definition) is 2. The van der Waals surface area contributed by atoms with Crippen molar-refractivity contribution in [3.05, 3.63) is 17.5 Å². The molecule has 0 saturated carbocycles. The SMILES string of the molecule is Cc1cc(C(N)=S)nc(NCC2CCCS2(=O)=O)n1. The molecule has 1 aromatic rings. The zero-order valence-corrected chi connectivity index (χ0v) is 12.2. The van der Waals surface area contributed by atoms with E-state index in [2.05, 4.69) is 15.3 Å². The molecule has 2 rings (SSSR count). The van der Waals surface area contributed by atoms with Crippen LogP contribution >= 0.6 is 12.2 Å². The molecule has 1 aromatic heterocycles. The van der Waals surface area contributed by atoms with E-state index in [-0.39, 0.29) is 16.0 Å². The fourth-order valence-electron chi connectivity index (χ4n) is 2.07. The third-order valence-corrected chi connectivity index (χ3v) is 5.54. The molecule has 19 heavy (non-hydrogen) atoms. The van der Waals surface area contributed by atoms with Gasteiger partial charge in [0, 0.05) is 12.2 Å². The Kier molecular flexibility index (Phi) is 4.00. The second-order valence-electron chi connectivity index (χ2n) is 4.59. The number of nitrogens with one attached hydrogen (secondary N) is 1. The van der Waals surface area contributed by atoms with Gasteiger partial charge in [-0.2, -0.15) is 0 Å². The summed E-state index contributed by atoms with van der Waals surface area (Å²) in [6, 6.07) is 1.69. The van der Waals surface area contributed by atoms with E-state index in [1.165, 1.54) is 0 Å². The van der Waals surface area contributed by atoms with Crippen molar-refractivity contribution >= 4 is 33.0 Å². The first-order valence-corrected chi connectivity index (χ1v) is 8.12. The summed E-state index contributed by atoms with van der Waals surface area (Å²) in [4.78, 5) is 8.55. The minimum Gasteiger partial charge on any atom is -0.388 e. The van der Waals surface area contributed by atoms with Gasteiger partial charge in [0.1, 0.15) is 10.7 Å². The van der Waals surface area contributed by atoms with Crippen molar-refractivity contribution in [2.75, 3.05) is 17.6 Å². The van der Waals surface area contributed by atoms with Crippen molar-refractivity contribution < 1.29 is 8.42 Å². The topological polar surface area (TPSA) is 98.0 Å². The molecule has 0 aliphatic carbocycles. The number of nitrogens with zero attached hydrogens (tertiary/aromatic N) is 2. The van der Waals surface area contributed by atoms with Crippen molar-refractivity contribution in [3.63, 3.8) is 0 Å². The van der Waals surface area contributed by atoms with Gasteiger partial charge in [-0.25, -0.2) is 18.4 Å². The molecule has 0 amide bonds. The molecule has 1 saturated heterocycles. The summed E-state index contributed by atoms with van der Waals surface area (Å²) < 4.78 is 23.4. The molecule has 104 valence electrons. The predicted octanol–water partition coefficient (Wildman–Crippen LogP) is 0.408. The van der Waals surface area contributed by atoms with E-state index in [1.807, 2.05) is 0 Å². The van der Waals surface area contributed by atoms with Crippen LogP contribution in [0.3, 0.4) is 0 Å². The minimum atomic E-state index is -2.96. The maximum Gasteiger partial charge on any atom is 0.223 e. The van der Waals surface area contributed by atoms with Crippen LogP contribution in [-0.2, 0) is 9.84 Å². The van der Waals surface area contributed by atoms with Crippen LogP contribution in [0.4, 0.5) is 5.95 Å². The van der Waals surface area contributed by atoms with Crippen LogP contribution in [0.25, 0.3) is 0 Å². The largest absolute Gasteiger partial charge is 0.388 e. The highest BCUT2D eigenvalue weighted by atomic mass is 32.2. The van der Waals surface area contributed by atoms with E-state index in [1.54, 1.807) is 13.0 Å². The monoisotopic (exact) mass is 300 g/mol. The summed E-state index contributed by atoms with van der Waals surface area (Å²) >= 11 is 4.87. The Bertz CT molecular complexity index is 601. The molecule has 0 aromatic carbocycles. The van der Waals surface area contributed by atoms with Gasteiger partial charge in [-0.15, -0.1) is 0 Å². The van der Waals surface area contributed by atoms with Crippen LogP contribution in [-0.4, -0.2) is 40.9 Å². The van der Waals surface area contributed by atoms with Gasteiger partial charge in [0.2, 0.25) is 5.95 Å². The molecule has 0 bridgehead atoms. The molecule has 0 spiro atoms. The molecule has 2 heterocycles. The fourth-order valence-corrected chi connectivity index (χ4v) is 3.94. The number of hydrogen-bond acceptors (Lipinski definition) is 6. The van der Waals surface area contributed by atoms with Gasteiger partial charge in [-0.3, -0.25) is 0 Å². The lowest BCUT2D eigenvalue weighted by molar-refractivity contribution is 0.591. The first kappa shape index (κ1) is 14.1. The third kappa shape index (κ3) is 3.38. The highest BCUT2D eigenvalue weighted by Crippen LogP contribution is 2.20. The van der Waals surface area contributed by atoms with Crippen LogP contribution < -0.4 is 11.1 Å². The highest BCUT2D eigenvalue weighted by Gasteiger charge is 2.31. The van der Waals surface area contributed by atoms with Gasteiger partial charge >= 0.3 is 0 Å². The molecule has 1 fully saturated rings. The molecule has 8 heteroatoms. The molecule has 0 radical (unpaired) electrons. The standard InChI is InChI=1S/C11H16N4O2S2/c1-7-5-9(10(12)18)15-11(14-7)13-6-8-3-2-4-19(8,16)17/h5,8H,2-4,6H2,1H3,(H2,12,18)(H,13,14,15). The van der Waals surface area contributed by atoms with Gasteiger partial charge in [-0.1, -0.05) is 12.2 Å². The second-order valence-corrected chi connectivity index (χ2v) is 7.44. The lowest BCUT2D eigenvalue weighted by atomic mass is 10.2. The van der Waals surface area contributed by atoms with Gasteiger partial charge in [0.15, 0.2) is 9.84 Å². The predicted molar refractivity (Wildman–Crippen MR) is 78.0 cm³/mol. The Morgan fingerprint density at radius 1 is 1.58 bits per heavy atom. The van der Waals surface area contributed by atoms with Crippen molar-refractivity contribution in [2.24, 2.45) is 5.73 Å². The number of sulfone groups is 1. The Hall–Kier alpha value is -1.28. The Labute approximate surface area is 117 Å². The Morgan fingerprint density at radius 2 is 2.32 bits per heavy atom. The number of rotatable bonds is 4. The van der Waals surface area contributed by atoms with E-state index in [0.717, 1.165) is 12.1 Å². The van der Waals surface area contributed by atoms with E-state index < -0.39 is 9.84 Å². The highest BCUT2D eigenvalue weighted by molar-refractivity contribution is 7.92. The van der Waals surface area contributed by atoms with E-state index in [0.29, 0.717) is 24.6 Å². The number of nitrogens with two attached hydrogens (primary N) is 1. The summed E-state index contributed by atoms with van der Waals surface area (Å²) in [7, 11) is -2.96. The lowest BCUT2D eigenvalue weighted by Gasteiger charge is -2.11. The lowest BCUT2D eigenvalue weighted by Crippen LogP contribution is -2.26. The Morgan fingerprint density at radius 3 is 2.89 bits per heavy atom. The van der Waals surface area contributed by atoms with Crippen molar-refractivity contribution in [1.29, 1.82) is 0 Å². The smallest absolute Gasteiger partial charge is 0.223 e. The fraction of sp³-hybridized carbons (Fsp3) is 0.545. The average molecular weight is 300 g/mol. The van der Waals surface area contributed by atoms with Gasteiger partial charge in [0.05, 0.1) is 11.0 Å². The van der Waals surface area contributed by atoms with Crippen molar-refractivity contribution in [3.8, 4) is 0 Å². The molecule has 1 unspecified atom stereocenters. The molecule has 3 N–H and O–H groups in total. The van der Waals surface area contributed by atoms with Gasteiger partial charge in [-0.05, 0) is 25.8 Å². The first-order chi connectivity index (χ1) is 8.88. The van der Waals surface area contributed by atoms with Crippen LogP contribution in [0.1, 0.15) is 24.2 Å². The molecule has 1 atom stereocenters. The van der Waals surface area contributed by atoms with Gasteiger partial charge < -0.3 is 11.1 Å². The van der Waals surface area contributed by atoms with Gasteiger partial charge in [0.25, 0.3) is 0 Å². The average Bonchev–Trinajstić information content (AvgIpc) is 2.65. The quantitative estimate of drug-likeness (QED) is 0.777. The summed E-state index contributed by atoms with van der Waals surface area (Å²) in [5, 5.41) is 2.61. The van der Waals surface area contributed by atoms with E-state index in [9.17, 15) is 8.42 Å². The number of aryl methyl sites for hydroxylation is 1. The normalized spacial score (nSPS) is 21.2. The number of aromatic nitrogens is 2.